The maximum absolute atomic E-state index is 12.8. The molecule has 0 atom stereocenters. The Hall–Kier alpha value is -2.52. The van der Waals surface area contributed by atoms with Crippen LogP contribution in [0.25, 0.3) is 11.0 Å². The standard InChI is InChI=1S/C16H15N3O4S2/c1-3-23-16(20)11-9-10(2)7-8-12(11)19-25(21,22)14-6-4-5-13-15(14)18-24-17-13/h4-9,19H,3H2,1-2H3. The van der Waals surface area contributed by atoms with Gasteiger partial charge in [0.1, 0.15) is 15.9 Å². The summed E-state index contributed by atoms with van der Waals surface area (Å²) >= 11 is 0.940. The van der Waals surface area contributed by atoms with Crippen LogP contribution in [0.2, 0.25) is 0 Å². The largest absolute Gasteiger partial charge is 0.462 e. The van der Waals surface area contributed by atoms with E-state index < -0.39 is 16.0 Å². The first kappa shape index (κ1) is 17.3. The van der Waals surface area contributed by atoms with Gasteiger partial charge in [0.2, 0.25) is 0 Å². The van der Waals surface area contributed by atoms with Crippen LogP contribution in [0.1, 0.15) is 22.8 Å². The van der Waals surface area contributed by atoms with E-state index in [0.29, 0.717) is 11.0 Å². The average molecular weight is 377 g/mol. The number of nitrogens with zero attached hydrogens (tertiary/aromatic N) is 2. The lowest BCUT2D eigenvalue weighted by Gasteiger charge is -2.13. The fourth-order valence-corrected chi connectivity index (χ4v) is 4.17. The lowest BCUT2D eigenvalue weighted by Crippen LogP contribution is -2.17. The predicted octanol–water partition coefficient (Wildman–Crippen LogP) is 2.98. The second kappa shape index (κ2) is 6.77. The number of nitrogens with one attached hydrogen (secondary N) is 1. The number of rotatable bonds is 5. The Morgan fingerprint density at radius 3 is 2.80 bits per heavy atom. The highest BCUT2D eigenvalue weighted by Gasteiger charge is 2.22. The van der Waals surface area contributed by atoms with Gasteiger partial charge in [-0.2, -0.15) is 8.75 Å². The van der Waals surface area contributed by atoms with Crippen molar-refractivity contribution in [3.8, 4) is 0 Å². The van der Waals surface area contributed by atoms with Crippen LogP contribution in [0, 0.1) is 6.92 Å². The van der Waals surface area contributed by atoms with Gasteiger partial charge in [0.15, 0.2) is 0 Å². The number of aryl methyl sites for hydroxylation is 1. The number of esters is 1. The Balaban J connectivity index is 2.04. The highest BCUT2D eigenvalue weighted by molar-refractivity contribution is 7.93. The molecule has 25 heavy (non-hydrogen) atoms. The number of benzene rings is 2. The molecule has 0 fully saturated rings. The molecule has 0 saturated carbocycles. The fraction of sp³-hybridized carbons (Fsp3) is 0.188. The normalized spacial score (nSPS) is 11.4. The molecule has 1 heterocycles. The van der Waals surface area contributed by atoms with Crippen molar-refractivity contribution in [2.75, 3.05) is 11.3 Å². The number of anilines is 1. The summed E-state index contributed by atoms with van der Waals surface area (Å²) in [5.74, 6) is -0.586. The molecule has 7 nitrogen and oxygen atoms in total. The first-order valence-electron chi connectivity index (χ1n) is 7.44. The second-order valence-corrected chi connectivity index (χ2v) is 7.44. The molecule has 1 aromatic heterocycles. The van der Waals surface area contributed by atoms with Crippen molar-refractivity contribution in [2.45, 2.75) is 18.7 Å². The smallest absolute Gasteiger partial charge is 0.340 e. The van der Waals surface area contributed by atoms with Gasteiger partial charge in [0.05, 0.1) is 29.6 Å². The van der Waals surface area contributed by atoms with E-state index >= 15 is 0 Å². The van der Waals surface area contributed by atoms with Crippen molar-refractivity contribution in [3.05, 3.63) is 47.5 Å². The molecule has 0 aliphatic carbocycles. The fourth-order valence-electron chi connectivity index (χ4n) is 2.32. The van der Waals surface area contributed by atoms with Gasteiger partial charge in [-0.1, -0.05) is 17.7 Å². The number of carbonyl (C=O) groups is 1. The zero-order chi connectivity index (χ0) is 18.0. The average Bonchev–Trinajstić information content (AvgIpc) is 3.05. The summed E-state index contributed by atoms with van der Waals surface area (Å²) in [5, 5.41) is 0. The van der Waals surface area contributed by atoms with E-state index in [9.17, 15) is 13.2 Å². The maximum Gasteiger partial charge on any atom is 0.340 e. The molecular weight excluding hydrogens is 362 g/mol. The van der Waals surface area contributed by atoms with E-state index in [0.717, 1.165) is 17.3 Å². The monoisotopic (exact) mass is 377 g/mol. The summed E-state index contributed by atoms with van der Waals surface area (Å²) in [4.78, 5) is 12.1. The second-order valence-electron chi connectivity index (χ2n) is 5.26. The Bertz CT molecular complexity index is 1040. The molecule has 3 aromatic rings. The molecule has 9 heteroatoms. The zero-order valence-electron chi connectivity index (χ0n) is 13.5. The molecule has 0 amide bonds. The van der Waals surface area contributed by atoms with Gasteiger partial charge in [0, 0.05) is 0 Å². The van der Waals surface area contributed by atoms with Crippen molar-refractivity contribution in [1.82, 2.24) is 8.75 Å². The molecule has 0 spiro atoms. The number of ether oxygens (including phenoxy) is 1. The highest BCUT2D eigenvalue weighted by atomic mass is 32.2. The van der Waals surface area contributed by atoms with Crippen molar-refractivity contribution in [1.29, 1.82) is 0 Å². The molecule has 0 unspecified atom stereocenters. The number of hydrogen-bond donors (Lipinski definition) is 1. The summed E-state index contributed by atoms with van der Waals surface area (Å²) in [6, 6.07) is 9.57. The summed E-state index contributed by atoms with van der Waals surface area (Å²) in [5.41, 5.74) is 1.93. The van der Waals surface area contributed by atoms with Gasteiger partial charge < -0.3 is 4.74 Å². The van der Waals surface area contributed by atoms with Gasteiger partial charge in [-0.25, -0.2) is 13.2 Å². The molecule has 0 aliphatic heterocycles. The van der Waals surface area contributed by atoms with Crippen LogP contribution in [-0.4, -0.2) is 29.7 Å². The lowest BCUT2D eigenvalue weighted by molar-refractivity contribution is 0.0527. The van der Waals surface area contributed by atoms with Crippen LogP contribution in [0.15, 0.2) is 41.3 Å². The number of carbonyl (C=O) groups excluding carboxylic acids is 1. The van der Waals surface area contributed by atoms with Gasteiger partial charge in [-0.05, 0) is 38.1 Å². The predicted molar refractivity (Wildman–Crippen MR) is 95.4 cm³/mol. The minimum Gasteiger partial charge on any atom is -0.462 e. The molecule has 0 aliphatic rings. The molecule has 130 valence electrons. The molecule has 1 N–H and O–H groups in total. The van der Waals surface area contributed by atoms with Crippen LogP contribution in [0.3, 0.4) is 0 Å². The van der Waals surface area contributed by atoms with Crippen LogP contribution in [0.4, 0.5) is 5.69 Å². The highest BCUT2D eigenvalue weighted by Crippen LogP contribution is 2.26. The van der Waals surface area contributed by atoms with E-state index in [1.807, 2.05) is 6.92 Å². The third kappa shape index (κ3) is 3.47. The molecule has 3 rings (SSSR count). The van der Waals surface area contributed by atoms with Crippen molar-refractivity contribution < 1.29 is 17.9 Å². The van der Waals surface area contributed by atoms with Crippen molar-refractivity contribution in [3.63, 3.8) is 0 Å². The van der Waals surface area contributed by atoms with Gasteiger partial charge in [0.25, 0.3) is 10.0 Å². The first-order valence-corrected chi connectivity index (χ1v) is 9.65. The van der Waals surface area contributed by atoms with E-state index in [1.54, 1.807) is 37.3 Å². The van der Waals surface area contributed by atoms with E-state index in [-0.39, 0.29) is 22.8 Å². The van der Waals surface area contributed by atoms with E-state index in [4.69, 9.17) is 4.74 Å². The minimum atomic E-state index is -3.95. The topological polar surface area (TPSA) is 98.2 Å². The van der Waals surface area contributed by atoms with Gasteiger partial charge in [-0.15, -0.1) is 0 Å². The number of hydrogen-bond acceptors (Lipinski definition) is 7. The lowest BCUT2D eigenvalue weighted by atomic mass is 10.1. The number of sulfonamides is 1. The first-order chi connectivity index (χ1) is 11.9. The summed E-state index contributed by atoms with van der Waals surface area (Å²) in [6.07, 6.45) is 0. The van der Waals surface area contributed by atoms with E-state index in [1.165, 1.54) is 6.07 Å². The molecular formula is C16H15N3O4S2. The van der Waals surface area contributed by atoms with Crippen LogP contribution in [-0.2, 0) is 14.8 Å². The summed E-state index contributed by atoms with van der Waals surface area (Å²) in [7, 11) is -3.95. The quantitative estimate of drug-likeness (QED) is 0.687. The summed E-state index contributed by atoms with van der Waals surface area (Å²) in [6.45, 7) is 3.69. The Morgan fingerprint density at radius 2 is 2.04 bits per heavy atom. The maximum atomic E-state index is 12.8. The number of fused-ring (bicyclic) bond motifs is 1. The van der Waals surface area contributed by atoms with Crippen LogP contribution < -0.4 is 4.72 Å². The minimum absolute atomic E-state index is 0.00846. The van der Waals surface area contributed by atoms with E-state index in [2.05, 4.69) is 13.5 Å². The van der Waals surface area contributed by atoms with Crippen molar-refractivity contribution >= 4 is 44.4 Å². The van der Waals surface area contributed by atoms with Crippen LogP contribution >= 0.6 is 11.7 Å². The third-order valence-corrected chi connectivity index (χ3v) is 5.39. The van der Waals surface area contributed by atoms with Crippen molar-refractivity contribution in [2.24, 2.45) is 0 Å². The Labute approximate surface area is 149 Å². The van der Waals surface area contributed by atoms with Gasteiger partial charge >= 0.3 is 5.97 Å². The Morgan fingerprint density at radius 1 is 1.24 bits per heavy atom. The molecule has 2 aromatic carbocycles. The Kier molecular flexibility index (Phi) is 4.69. The zero-order valence-corrected chi connectivity index (χ0v) is 15.1. The SMILES string of the molecule is CCOC(=O)c1cc(C)ccc1NS(=O)(=O)c1cccc2nsnc12. The number of aromatic nitrogens is 2. The van der Waals surface area contributed by atoms with Crippen LogP contribution in [0.5, 0.6) is 0 Å². The third-order valence-electron chi connectivity index (χ3n) is 3.45. The summed E-state index contributed by atoms with van der Waals surface area (Å²) < 4.78 is 41.2. The van der Waals surface area contributed by atoms with Gasteiger partial charge in [-0.3, -0.25) is 4.72 Å². The molecule has 0 radical (unpaired) electrons. The molecule has 0 saturated heterocycles. The molecule has 0 bridgehead atoms.